The van der Waals surface area contributed by atoms with Crippen LogP contribution in [-0.4, -0.2) is 17.5 Å². The lowest BCUT2D eigenvalue weighted by Gasteiger charge is -2.23. The summed E-state index contributed by atoms with van der Waals surface area (Å²) in [5.41, 5.74) is -1.66. The Bertz CT molecular complexity index is 410. The zero-order chi connectivity index (χ0) is 14.3. The number of hydrogen-bond donors (Lipinski definition) is 1. The Morgan fingerprint density at radius 1 is 0.833 bits per heavy atom. The molecule has 1 aromatic carbocycles. The van der Waals surface area contributed by atoms with Crippen LogP contribution >= 0.6 is 0 Å². The summed E-state index contributed by atoms with van der Waals surface area (Å²) in [6.07, 6.45) is -11.5. The van der Waals surface area contributed by atoms with Crippen molar-refractivity contribution in [2.75, 3.05) is 0 Å². The van der Waals surface area contributed by atoms with E-state index in [-0.39, 0.29) is 12.1 Å². The van der Waals surface area contributed by atoms with Crippen LogP contribution in [0.3, 0.4) is 0 Å². The molecule has 9 heteroatoms. The third kappa shape index (κ3) is 2.82. The summed E-state index contributed by atoms with van der Waals surface area (Å²) >= 11 is 0. The molecule has 0 heterocycles. The highest BCUT2D eigenvalue weighted by molar-refractivity contribution is 5.33. The van der Waals surface area contributed by atoms with E-state index >= 15 is 0 Å². The van der Waals surface area contributed by atoms with Gasteiger partial charge in [-0.1, -0.05) is 0 Å². The van der Waals surface area contributed by atoms with Gasteiger partial charge < -0.3 is 5.11 Å². The first-order valence-corrected chi connectivity index (χ1v) is 4.26. The number of phenolic OH excluding ortho intramolecular Hbond substituents is 1. The number of phenols is 1. The minimum atomic E-state index is -5.76. The SMILES string of the molecule is Oc1c(F)cc(C(C(F)(F)F)C(F)(F)F)cc1F. The van der Waals surface area contributed by atoms with Crippen molar-refractivity contribution < 1.29 is 40.2 Å². The smallest absolute Gasteiger partial charge is 0.404 e. The van der Waals surface area contributed by atoms with Crippen LogP contribution in [0, 0.1) is 11.6 Å². The van der Waals surface area contributed by atoms with E-state index in [4.69, 9.17) is 5.11 Å². The van der Waals surface area contributed by atoms with Gasteiger partial charge in [0.05, 0.1) is 0 Å². The molecule has 0 amide bonds. The van der Waals surface area contributed by atoms with Crippen molar-refractivity contribution in [2.45, 2.75) is 18.3 Å². The monoisotopic (exact) mass is 280 g/mol. The van der Waals surface area contributed by atoms with Crippen LogP contribution in [0.25, 0.3) is 0 Å². The second-order valence-electron chi connectivity index (χ2n) is 3.35. The van der Waals surface area contributed by atoms with Crippen molar-refractivity contribution in [3.63, 3.8) is 0 Å². The van der Waals surface area contributed by atoms with Gasteiger partial charge in [-0.05, 0) is 17.7 Å². The van der Waals surface area contributed by atoms with Gasteiger partial charge in [-0.25, -0.2) is 8.78 Å². The van der Waals surface area contributed by atoms with E-state index in [9.17, 15) is 35.1 Å². The largest absolute Gasteiger partial charge is 0.503 e. The van der Waals surface area contributed by atoms with Gasteiger partial charge in [0, 0.05) is 0 Å². The van der Waals surface area contributed by atoms with Gasteiger partial charge in [0.15, 0.2) is 23.3 Å². The Morgan fingerprint density at radius 2 is 1.17 bits per heavy atom. The fourth-order valence-electron chi connectivity index (χ4n) is 1.32. The number of benzene rings is 1. The molecule has 0 radical (unpaired) electrons. The number of aromatic hydroxyl groups is 1. The molecule has 1 N–H and O–H groups in total. The highest BCUT2D eigenvalue weighted by Gasteiger charge is 2.57. The van der Waals surface area contributed by atoms with E-state index in [0.29, 0.717) is 0 Å². The molecule has 0 fully saturated rings. The predicted molar refractivity (Wildman–Crippen MR) is 42.9 cm³/mol. The number of rotatable bonds is 1. The molecule has 0 spiro atoms. The standard InChI is InChI=1S/C9H4F8O/c10-4-1-3(2-5(11)6(4)18)7(8(12,13)14)9(15,16)17/h1-2,7,18H. The molecule has 1 aromatic rings. The molecule has 0 aliphatic heterocycles. The van der Waals surface area contributed by atoms with Crippen LogP contribution in [0.1, 0.15) is 11.5 Å². The van der Waals surface area contributed by atoms with Crippen LogP contribution in [0.2, 0.25) is 0 Å². The van der Waals surface area contributed by atoms with Crippen LogP contribution in [0.15, 0.2) is 12.1 Å². The first-order chi connectivity index (χ1) is 7.94. The summed E-state index contributed by atoms with van der Waals surface area (Å²) < 4.78 is 98.9. The molecule has 18 heavy (non-hydrogen) atoms. The summed E-state index contributed by atoms with van der Waals surface area (Å²) in [5.74, 6) is -9.46. The zero-order valence-electron chi connectivity index (χ0n) is 8.20. The fourth-order valence-corrected chi connectivity index (χ4v) is 1.32. The van der Waals surface area contributed by atoms with Gasteiger partial charge >= 0.3 is 12.4 Å². The summed E-state index contributed by atoms with van der Waals surface area (Å²) in [7, 11) is 0. The summed E-state index contributed by atoms with van der Waals surface area (Å²) in [6, 6.07) is -0.409. The van der Waals surface area contributed by atoms with E-state index in [2.05, 4.69) is 0 Å². The zero-order valence-corrected chi connectivity index (χ0v) is 8.20. The van der Waals surface area contributed by atoms with E-state index < -0.39 is 41.2 Å². The van der Waals surface area contributed by atoms with Gasteiger partial charge in [0.1, 0.15) is 0 Å². The Balaban J connectivity index is 3.41. The lowest BCUT2D eigenvalue weighted by Crippen LogP contribution is -2.34. The van der Waals surface area contributed by atoms with E-state index in [1.807, 2.05) is 0 Å². The molecule has 102 valence electrons. The van der Waals surface area contributed by atoms with E-state index in [0.717, 1.165) is 0 Å². The Morgan fingerprint density at radius 3 is 1.44 bits per heavy atom. The van der Waals surface area contributed by atoms with Gasteiger partial charge in [-0.2, -0.15) is 26.3 Å². The van der Waals surface area contributed by atoms with Crippen LogP contribution in [0.5, 0.6) is 5.75 Å². The Kier molecular flexibility index (Phi) is 3.46. The van der Waals surface area contributed by atoms with Crippen molar-refractivity contribution in [3.8, 4) is 5.75 Å². The van der Waals surface area contributed by atoms with Gasteiger partial charge in [-0.15, -0.1) is 0 Å². The fraction of sp³-hybridized carbons (Fsp3) is 0.333. The van der Waals surface area contributed by atoms with Crippen molar-refractivity contribution in [1.29, 1.82) is 0 Å². The van der Waals surface area contributed by atoms with E-state index in [1.54, 1.807) is 0 Å². The molecule has 0 aromatic heterocycles. The molecule has 0 atom stereocenters. The minimum absolute atomic E-state index is 0.204. The third-order valence-electron chi connectivity index (χ3n) is 2.03. The summed E-state index contributed by atoms with van der Waals surface area (Å²) in [5, 5.41) is 8.61. The van der Waals surface area contributed by atoms with E-state index in [1.165, 1.54) is 0 Å². The van der Waals surface area contributed by atoms with Crippen molar-refractivity contribution in [3.05, 3.63) is 29.3 Å². The first kappa shape index (κ1) is 14.5. The lowest BCUT2D eigenvalue weighted by atomic mass is 9.97. The van der Waals surface area contributed by atoms with Gasteiger partial charge in [0.25, 0.3) is 0 Å². The minimum Gasteiger partial charge on any atom is -0.503 e. The second kappa shape index (κ2) is 4.29. The van der Waals surface area contributed by atoms with Crippen molar-refractivity contribution >= 4 is 0 Å². The molecular weight excluding hydrogens is 276 g/mol. The molecule has 0 saturated heterocycles. The van der Waals surface area contributed by atoms with Crippen LogP contribution in [0.4, 0.5) is 35.1 Å². The Labute approximate surface area is 94.6 Å². The third-order valence-corrected chi connectivity index (χ3v) is 2.03. The van der Waals surface area contributed by atoms with Gasteiger partial charge in [0.2, 0.25) is 0 Å². The topological polar surface area (TPSA) is 20.2 Å². The maximum atomic E-state index is 12.8. The molecule has 0 bridgehead atoms. The Hall–Kier alpha value is -1.54. The van der Waals surface area contributed by atoms with Crippen LogP contribution in [-0.2, 0) is 0 Å². The maximum absolute atomic E-state index is 12.8. The van der Waals surface area contributed by atoms with Crippen molar-refractivity contribution in [1.82, 2.24) is 0 Å². The highest BCUT2D eigenvalue weighted by Crippen LogP contribution is 2.47. The van der Waals surface area contributed by atoms with Gasteiger partial charge in [-0.3, -0.25) is 0 Å². The van der Waals surface area contributed by atoms with Crippen LogP contribution < -0.4 is 0 Å². The molecule has 0 saturated carbocycles. The average Bonchev–Trinajstić information content (AvgIpc) is 2.08. The normalized spacial score (nSPS) is 13.2. The quantitative estimate of drug-likeness (QED) is 0.774. The summed E-state index contributed by atoms with van der Waals surface area (Å²) in [6.45, 7) is 0. The first-order valence-electron chi connectivity index (χ1n) is 4.26. The molecular formula is C9H4F8O. The number of hydrogen-bond acceptors (Lipinski definition) is 1. The average molecular weight is 280 g/mol. The molecule has 0 unspecified atom stereocenters. The lowest BCUT2D eigenvalue weighted by molar-refractivity contribution is -0.253. The second-order valence-corrected chi connectivity index (χ2v) is 3.35. The maximum Gasteiger partial charge on any atom is 0.404 e. The molecule has 1 rings (SSSR count). The molecule has 0 aliphatic rings. The highest BCUT2D eigenvalue weighted by atomic mass is 19.4. The predicted octanol–water partition coefficient (Wildman–Crippen LogP) is 3.88. The van der Waals surface area contributed by atoms with Crippen molar-refractivity contribution in [2.24, 2.45) is 0 Å². The number of alkyl halides is 6. The summed E-state index contributed by atoms with van der Waals surface area (Å²) in [4.78, 5) is 0. The molecule has 1 nitrogen and oxygen atoms in total. The number of halogens is 8. The molecule has 0 aliphatic carbocycles.